The normalized spacial score (nSPS) is 11.2. The van der Waals surface area contributed by atoms with Crippen molar-refractivity contribution in [2.75, 3.05) is 7.11 Å². The molecule has 0 aliphatic heterocycles. The molecule has 0 unspecified atom stereocenters. The Balaban J connectivity index is 1.79. The second kappa shape index (κ2) is 21.4. The van der Waals surface area contributed by atoms with Crippen LogP contribution >= 0.6 is 0 Å². The first-order valence-electron chi connectivity index (χ1n) is 14.6. The maximum Gasteiger partial charge on any atom is 0.125 e. The summed E-state index contributed by atoms with van der Waals surface area (Å²) in [5.74, 6) is 1.15. The molecule has 0 aliphatic rings. The minimum atomic E-state index is 0.354. The van der Waals surface area contributed by atoms with E-state index in [0.717, 1.165) is 17.7 Å². The van der Waals surface area contributed by atoms with Gasteiger partial charge in [0.05, 0.1) is 7.11 Å². The summed E-state index contributed by atoms with van der Waals surface area (Å²) >= 11 is 0. The summed E-state index contributed by atoms with van der Waals surface area (Å²) in [4.78, 5) is 0. The quantitative estimate of drug-likeness (QED) is 0.165. The molecule has 1 aromatic carbocycles. The molecule has 0 atom stereocenters. The van der Waals surface area contributed by atoms with Gasteiger partial charge in [0.15, 0.2) is 0 Å². The number of phenolic OH excluding ortho intramolecular Hbond substituents is 1. The molecule has 1 aromatic rings. The molecule has 0 saturated heterocycles. The van der Waals surface area contributed by atoms with Crippen molar-refractivity contribution in [2.45, 2.75) is 155 Å². The molecule has 2 heteroatoms. The van der Waals surface area contributed by atoms with Crippen LogP contribution in [0.15, 0.2) is 12.1 Å². The topological polar surface area (TPSA) is 29.5 Å². The first-order chi connectivity index (χ1) is 16.2. The lowest BCUT2D eigenvalue weighted by molar-refractivity contribution is 0.402. The molecule has 2 nitrogen and oxygen atoms in total. The fourth-order valence-corrected chi connectivity index (χ4v) is 4.85. The van der Waals surface area contributed by atoms with Gasteiger partial charge in [-0.2, -0.15) is 0 Å². The van der Waals surface area contributed by atoms with Crippen LogP contribution in [-0.2, 0) is 6.42 Å². The Morgan fingerprint density at radius 1 is 0.576 bits per heavy atom. The number of rotatable bonds is 23. The number of methoxy groups -OCH3 is 1. The Labute approximate surface area is 206 Å². The number of unbranched alkanes of at least 4 members (excludes halogenated alkanes) is 20. The maximum absolute atomic E-state index is 10.0. The summed E-state index contributed by atoms with van der Waals surface area (Å²) in [5, 5.41) is 10.0. The van der Waals surface area contributed by atoms with Gasteiger partial charge >= 0.3 is 0 Å². The molecule has 0 bridgehead atoms. The first kappa shape index (κ1) is 29.9. The second-order valence-electron chi connectivity index (χ2n) is 10.3. The van der Waals surface area contributed by atoms with Crippen LogP contribution in [0.3, 0.4) is 0 Å². The van der Waals surface area contributed by atoms with Crippen molar-refractivity contribution in [1.29, 1.82) is 0 Å². The van der Waals surface area contributed by atoms with E-state index in [0.29, 0.717) is 5.75 Å². The fraction of sp³-hybridized carbons (Fsp3) is 0.806. The van der Waals surface area contributed by atoms with Crippen LogP contribution < -0.4 is 4.74 Å². The Hall–Kier alpha value is -1.18. The van der Waals surface area contributed by atoms with Gasteiger partial charge in [-0.1, -0.05) is 135 Å². The van der Waals surface area contributed by atoms with Crippen LogP contribution in [-0.4, -0.2) is 12.2 Å². The number of hydrogen-bond acceptors (Lipinski definition) is 2. The Morgan fingerprint density at radius 2 is 0.939 bits per heavy atom. The smallest absolute Gasteiger partial charge is 0.125 e. The standard InChI is InChI=1S/C31H56O2/c1-4-5-6-7-8-9-10-11-12-13-14-15-16-17-18-19-20-21-22-23-24-25-29-26-30(32)28(2)31(27-29)33-3/h26-27,32H,4-25H2,1-3H3. The number of aromatic hydroxyl groups is 1. The van der Waals surface area contributed by atoms with Gasteiger partial charge in [0.2, 0.25) is 0 Å². The molecular weight excluding hydrogens is 404 g/mol. The van der Waals surface area contributed by atoms with Crippen molar-refractivity contribution in [2.24, 2.45) is 0 Å². The molecule has 0 spiro atoms. The predicted octanol–water partition coefficient (Wildman–Crippen LogP) is 10.5. The summed E-state index contributed by atoms with van der Waals surface area (Å²) < 4.78 is 5.36. The van der Waals surface area contributed by atoms with Crippen LogP contribution in [0.5, 0.6) is 11.5 Å². The van der Waals surface area contributed by atoms with Gasteiger partial charge in [-0.25, -0.2) is 0 Å². The highest BCUT2D eigenvalue weighted by atomic mass is 16.5. The fourth-order valence-electron chi connectivity index (χ4n) is 4.85. The van der Waals surface area contributed by atoms with Crippen LogP contribution in [0.1, 0.15) is 153 Å². The SMILES string of the molecule is CCCCCCCCCCCCCCCCCCCCCCCc1cc(O)c(C)c(OC)c1. The minimum absolute atomic E-state index is 0.354. The van der Waals surface area contributed by atoms with Gasteiger partial charge in [0.25, 0.3) is 0 Å². The molecule has 0 heterocycles. The highest BCUT2D eigenvalue weighted by Crippen LogP contribution is 2.29. The molecule has 0 aromatic heterocycles. The van der Waals surface area contributed by atoms with Gasteiger partial charge in [0.1, 0.15) is 11.5 Å². The van der Waals surface area contributed by atoms with Gasteiger partial charge in [-0.15, -0.1) is 0 Å². The lowest BCUT2D eigenvalue weighted by atomic mass is 10.0. The van der Waals surface area contributed by atoms with Crippen molar-refractivity contribution in [1.82, 2.24) is 0 Å². The van der Waals surface area contributed by atoms with E-state index >= 15 is 0 Å². The van der Waals surface area contributed by atoms with Crippen LogP contribution in [0.25, 0.3) is 0 Å². The number of phenols is 1. The number of benzene rings is 1. The number of hydrogen-bond donors (Lipinski definition) is 1. The third-order valence-electron chi connectivity index (χ3n) is 7.18. The summed E-state index contributed by atoms with van der Waals surface area (Å²) in [6.45, 7) is 4.20. The molecule has 0 fully saturated rings. The molecule has 1 rings (SSSR count). The van der Waals surface area contributed by atoms with E-state index in [1.54, 1.807) is 7.11 Å². The van der Waals surface area contributed by atoms with Crippen LogP contribution in [0.4, 0.5) is 0 Å². The molecule has 0 saturated carbocycles. The summed E-state index contributed by atoms with van der Waals surface area (Å²) in [6.07, 6.45) is 30.8. The van der Waals surface area contributed by atoms with E-state index in [1.807, 2.05) is 13.0 Å². The van der Waals surface area contributed by atoms with Gasteiger partial charge in [0, 0.05) is 5.56 Å². The number of aryl methyl sites for hydroxylation is 1. The van der Waals surface area contributed by atoms with E-state index in [-0.39, 0.29) is 0 Å². The highest BCUT2D eigenvalue weighted by molar-refractivity contribution is 5.46. The average Bonchev–Trinajstić information content (AvgIpc) is 2.82. The van der Waals surface area contributed by atoms with Gasteiger partial charge in [-0.3, -0.25) is 0 Å². The summed E-state index contributed by atoms with van der Waals surface area (Å²) in [7, 11) is 1.67. The van der Waals surface area contributed by atoms with E-state index in [1.165, 1.54) is 140 Å². The van der Waals surface area contributed by atoms with Crippen LogP contribution in [0, 0.1) is 6.92 Å². The van der Waals surface area contributed by atoms with E-state index in [9.17, 15) is 5.11 Å². The monoisotopic (exact) mass is 460 g/mol. The third kappa shape index (κ3) is 16.1. The van der Waals surface area contributed by atoms with E-state index < -0.39 is 0 Å². The van der Waals surface area contributed by atoms with Gasteiger partial charge in [-0.05, 0) is 37.5 Å². The second-order valence-corrected chi connectivity index (χ2v) is 10.3. The van der Waals surface area contributed by atoms with E-state index in [4.69, 9.17) is 4.74 Å². The zero-order valence-electron chi connectivity index (χ0n) is 22.6. The predicted molar refractivity (Wildman–Crippen MR) is 146 cm³/mol. The zero-order valence-corrected chi connectivity index (χ0v) is 22.6. The molecular formula is C31H56O2. The average molecular weight is 461 g/mol. The molecule has 0 radical (unpaired) electrons. The van der Waals surface area contributed by atoms with E-state index in [2.05, 4.69) is 13.0 Å². The Morgan fingerprint density at radius 3 is 1.30 bits per heavy atom. The summed E-state index contributed by atoms with van der Waals surface area (Å²) in [6, 6.07) is 3.97. The van der Waals surface area contributed by atoms with Crippen molar-refractivity contribution >= 4 is 0 Å². The molecule has 1 N–H and O–H groups in total. The van der Waals surface area contributed by atoms with Crippen molar-refractivity contribution in [3.8, 4) is 11.5 Å². The van der Waals surface area contributed by atoms with Crippen molar-refractivity contribution in [3.63, 3.8) is 0 Å². The third-order valence-corrected chi connectivity index (χ3v) is 7.18. The molecule has 33 heavy (non-hydrogen) atoms. The maximum atomic E-state index is 10.0. The first-order valence-corrected chi connectivity index (χ1v) is 14.6. The molecule has 192 valence electrons. The Bertz CT molecular complexity index is 566. The number of ether oxygens (including phenoxy) is 1. The van der Waals surface area contributed by atoms with Crippen molar-refractivity contribution in [3.05, 3.63) is 23.3 Å². The van der Waals surface area contributed by atoms with Crippen LogP contribution in [0.2, 0.25) is 0 Å². The lowest BCUT2D eigenvalue weighted by Crippen LogP contribution is -1.92. The zero-order chi connectivity index (χ0) is 24.0. The van der Waals surface area contributed by atoms with Crippen molar-refractivity contribution < 1.29 is 9.84 Å². The molecule has 0 aliphatic carbocycles. The summed E-state index contributed by atoms with van der Waals surface area (Å²) in [5.41, 5.74) is 2.02. The minimum Gasteiger partial charge on any atom is -0.508 e. The molecule has 0 amide bonds. The van der Waals surface area contributed by atoms with Gasteiger partial charge < -0.3 is 9.84 Å². The Kier molecular flexibility index (Phi) is 19.3. The highest BCUT2D eigenvalue weighted by Gasteiger charge is 2.06. The lowest BCUT2D eigenvalue weighted by Gasteiger charge is -2.10. The largest absolute Gasteiger partial charge is 0.508 e.